The molecule has 0 aliphatic carbocycles. The van der Waals surface area contributed by atoms with Crippen LogP contribution in [0.5, 0.6) is 0 Å². The maximum Gasteiger partial charge on any atom is 0.320 e. The highest BCUT2D eigenvalue weighted by Crippen LogP contribution is 2.26. The van der Waals surface area contributed by atoms with Crippen LogP contribution in [0.3, 0.4) is 0 Å². The van der Waals surface area contributed by atoms with Crippen molar-refractivity contribution in [2.45, 2.75) is 46.0 Å². The van der Waals surface area contributed by atoms with E-state index in [4.69, 9.17) is 5.11 Å². The van der Waals surface area contributed by atoms with Crippen LogP contribution in [-0.2, 0) is 4.79 Å². The summed E-state index contributed by atoms with van der Waals surface area (Å²) in [6.07, 6.45) is 4.81. The van der Waals surface area contributed by atoms with Gasteiger partial charge in [0.2, 0.25) is 0 Å². The van der Waals surface area contributed by atoms with Gasteiger partial charge in [0, 0.05) is 26.2 Å². The molecule has 5 heteroatoms. The van der Waals surface area contributed by atoms with Crippen LogP contribution in [0.2, 0.25) is 0 Å². The smallest absolute Gasteiger partial charge is 0.320 e. The first-order chi connectivity index (χ1) is 9.99. The van der Waals surface area contributed by atoms with Crippen molar-refractivity contribution in [3.63, 3.8) is 0 Å². The molecule has 1 unspecified atom stereocenters. The first-order valence-corrected chi connectivity index (χ1v) is 8.25. The van der Waals surface area contributed by atoms with Crippen molar-refractivity contribution in [1.29, 1.82) is 0 Å². The molecule has 1 N–H and O–H groups in total. The van der Waals surface area contributed by atoms with Gasteiger partial charge in [-0.15, -0.1) is 0 Å². The third-order valence-corrected chi connectivity index (χ3v) is 5.03. The van der Waals surface area contributed by atoms with Gasteiger partial charge in [0.15, 0.2) is 0 Å². The lowest BCUT2D eigenvalue weighted by atomic mass is 9.89. The van der Waals surface area contributed by atoms with Crippen molar-refractivity contribution in [1.82, 2.24) is 9.80 Å². The van der Waals surface area contributed by atoms with Crippen molar-refractivity contribution >= 4 is 12.0 Å². The van der Waals surface area contributed by atoms with Crippen LogP contribution in [0.25, 0.3) is 0 Å². The first-order valence-electron chi connectivity index (χ1n) is 8.25. The number of carbonyl (C=O) groups is 2. The van der Waals surface area contributed by atoms with E-state index in [1.54, 1.807) is 4.90 Å². The van der Waals surface area contributed by atoms with Crippen LogP contribution in [0, 0.1) is 17.8 Å². The minimum absolute atomic E-state index is 0.0466. The van der Waals surface area contributed by atoms with Gasteiger partial charge in [0.1, 0.15) is 0 Å². The molecule has 2 heterocycles. The Labute approximate surface area is 127 Å². The Morgan fingerprint density at radius 3 is 2.33 bits per heavy atom. The summed E-state index contributed by atoms with van der Waals surface area (Å²) in [6, 6.07) is 0.0466. The molecule has 2 rings (SSSR count). The molecule has 21 heavy (non-hydrogen) atoms. The van der Waals surface area contributed by atoms with E-state index < -0.39 is 11.9 Å². The van der Waals surface area contributed by atoms with Gasteiger partial charge in [-0.05, 0) is 43.9 Å². The summed E-state index contributed by atoms with van der Waals surface area (Å²) in [6.45, 7) is 7.21. The molecule has 0 bridgehead atoms. The maximum absolute atomic E-state index is 12.6. The molecule has 0 radical (unpaired) electrons. The van der Waals surface area contributed by atoms with Crippen LogP contribution in [0.15, 0.2) is 0 Å². The number of likely N-dealkylation sites (tertiary alicyclic amines) is 2. The van der Waals surface area contributed by atoms with Gasteiger partial charge in [-0.1, -0.05) is 13.8 Å². The number of rotatable bonds is 2. The summed E-state index contributed by atoms with van der Waals surface area (Å²) < 4.78 is 0. The molecule has 5 nitrogen and oxygen atoms in total. The second-order valence-corrected chi connectivity index (χ2v) is 6.83. The Balaban J connectivity index is 1.91. The number of amides is 2. The second-order valence-electron chi connectivity index (χ2n) is 6.83. The fourth-order valence-electron chi connectivity index (χ4n) is 3.53. The normalized spacial score (nSPS) is 27.6. The van der Waals surface area contributed by atoms with Crippen molar-refractivity contribution in [3.8, 4) is 0 Å². The van der Waals surface area contributed by atoms with Crippen molar-refractivity contribution < 1.29 is 14.7 Å². The molecular weight excluding hydrogens is 268 g/mol. The zero-order valence-corrected chi connectivity index (χ0v) is 13.3. The Morgan fingerprint density at radius 1 is 1.00 bits per heavy atom. The molecular formula is C16H28N2O3. The monoisotopic (exact) mass is 296 g/mol. The number of carboxylic acids is 1. The molecule has 0 aromatic carbocycles. The Kier molecular flexibility index (Phi) is 5.48. The van der Waals surface area contributed by atoms with E-state index in [-0.39, 0.29) is 6.03 Å². The molecule has 2 amide bonds. The van der Waals surface area contributed by atoms with E-state index in [2.05, 4.69) is 13.8 Å². The number of aliphatic carboxylic acids is 1. The number of hydrogen-bond donors (Lipinski definition) is 1. The van der Waals surface area contributed by atoms with Gasteiger partial charge in [0.05, 0.1) is 5.92 Å². The minimum atomic E-state index is -0.775. The van der Waals surface area contributed by atoms with Crippen LogP contribution in [0.4, 0.5) is 4.79 Å². The predicted molar refractivity (Wildman–Crippen MR) is 81.1 cm³/mol. The van der Waals surface area contributed by atoms with Crippen molar-refractivity contribution in [3.05, 3.63) is 0 Å². The van der Waals surface area contributed by atoms with E-state index in [9.17, 15) is 9.59 Å². The molecule has 2 fully saturated rings. The number of piperidine rings is 1. The van der Waals surface area contributed by atoms with Crippen molar-refractivity contribution in [2.75, 3.05) is 26.2 Å². The lowest BCUT2D eigenvalue weighted by Gasteiger charge is -2.35. The molecule has 0 aromatic heterocycles. The summed E-state index contributed by atoms with van der Waals surface area (Å²) in [5.74, 6) is 0.212. The van der Waals surface area contributed by atoms with Crippen LogP contribution >= 0.6 is 0 Å². The third-order valence-electron chi connectivity index (χ3n) is 5.03. The summed E-state index contributed by atoms with van der Waals surface area (Å²) >= 11 is 0. The average Bonchev–Trinajstić information content (AvgIpc) is 2.72. The summed E-state index contributed by atoms with van der Waals surface area (Å²) in [5, 5.41) is 9.14. The highest BCUT2D eigenvalue weighted by Gasteiger charge is 2.31. The quantitative estimate of drug-likeness (QED) is 0.852. The van der Waals surface area contributed by atoms with Gasteiger partial charge in [-0.25, -0.2) is 4.79 Å². The van der Waals surface area contributed by atoms with Gasteiger partial charge in [0.25, 0.3) is 0 Å². The maximum atomic E-state index is 12.6. The number of urea groups is 1. The van der Waals surface area contributed by atoms with Gasteiger partial charge >= 0.3 is 12.0 Å². The fraction of sp³-hybridized carbons (Fsp3) is 0.875. The van der Waals surface area contributed by atoms with Crippen LogP contribution in [0.1, 0.15) is 46.0 Å². The SMILES string of the molecule is CC(C)C1CCCN(C(=O)N2CCC[C@@H](C(=O)O)C2)CC1. The van der Waals surface area contributed by atoms with E-state index in [0.29, 0.717) is 31.3 Å². The number of carboxylic acid groups (broad SMARTS) is 1. The average molecular weight is 296 g/mol. The molecule has 2 aliphatic heterocycles. The highest BCUT2D eigenvalue weighted by molar-refractivity contribution is 5.76. The van der Waals surface area contributed by atoms with Crippen LogP contribution in [-0.4, -0.2) is 53.1 Å². The van der Waals surface area contributed by atoms with Gasteiger partial charge in [-0.2, -0.15) is 0 Å². The van der Waals surface area contributed by atoms with Gasteiger partial charge in [-0.3, -0.25) is 4.79 Å². The van der Waals surface area contributed by atoms with Crippen LogP contribution < -0.4 is 0 Å². The molecule has 0 spiro atoms. The zero-order valence-electron chi connectivity index (χ0n) is 13.3. The first kappa shape index (κ1) is 16.1. The Hall–Kier alpha value is -1.26. The lowest BCUT2D eigenvalue weighted by molar-refractivity contribution is -0.143. The standard InChI is InChI=1S/C16H28N2O3/c1-12(2)13-5-3-8-17(10-7-13)16(21)18-9-4-6-14(11-18)15(19)20/h12-14H,3-11H2,1-2H3,(H,19,20)/t13?,14-/m1/s1. The number of hydrogen-bond acceptors (Lipinski definition) is 2. The lowest BCUT2D eigenvalue weighted by Crippen LogP contribution is -2.49. The number of nitrogens with zero attached hydrogens (tertiary/aromatic N) is 2. The number of carbonyl (C=O) groups excluding carboxylic acids is 1. The highest BCUT2D eigenvalue weighted by atomic mass is 16.4. The largest absolute Gasteiger partial charge is 0.481 e. The summed E-state index contributed by atoms with van der Waals surface area (Å²) in [5.41, 5.74) is 0. The molecule has 120 valence electrons. The summed E-state index contributed by atoms with van der Waals surface area (Å²) in [7, 11) is 0. The van der Waals surface area contributed by atoms with E-state index in [0.717, 1.165) is 32.4 Å². The minimum Gasteiger partial charge on any atom is -0.481 e. The molecule has 2 atom stereocenters. The Bertz CT molecular complexity index is 384. The molecule has 0 saturated carbocycles. The third kappa shape index (κ3) is 4.11. The molecule has 2 saturated heterocycles. The van der Waals surface area contributed by atoms with Crippen molar-refractivity contribution in [2.24, 2.45) is 17.8 Å². The molecule has 2 aliphatic rings. The van der Waals surface area contributed by atoms with E-state index in [1.807, 2.05) is 4.90 Å². The summed E-state index contributed by atoms with van der Waals surface area (Å²) in [4.78, 5) is 27.4. The molecule has 0 aromatic rings. The van der Waals surface area contributed by atoms with E-state index in [1.165, 1.54) is 6.42 Å². The van der Waals surface area contributed by atoms with Gasteiger partial charge < -0.3 is 14.9 Å². The zero-order chi connectivity index (χ0) is 15.4. The van der Waals surface area contributed by atoms with E-state index >= 15 is 0 Å². The Morgan fingerprint density at radius 2 is 1.67 bits per heavy atom. The predicted octanol–water partition coefficient (Wildman–Crippen LogP) is 2.66. The second kappa shape index (κ2) is 7.14. The topological polar surface area (TPSA) is 60.9 Å². The fourth-order valence-corrected chi connectivity index (χ4v) is 3.53.